The second-order valence-electron chi connectivity index (χ2n) is 6.05. The fourth-order valence-corrected chi connectivity index (χ4v) is 3.11. The third-order valence-electron chi connectivity index (χ3n) is 4.55. The molecule has 0 unspecified atom stereocenters. The van der Waals surface area contributed by atoms with Gasteiger partial charge in [0, 0.05) is 37.7 Å². The Bertz CT molecular complexity index is 667. The molecule has 0 aliphatic carbocycles. The van der Waals surface area contributed by atoms with Gasteiger partial charge in [-0.15, -0.1) is 0 Å². The van der Waals surface area contributed by atoms with Crippen molar-refractivity contribution in [3.8, 4) is 5.75 Å². The molecule has 1 N–H and O–H groups in total. The van der Waals surface area contributed by atoms with Crippen molar-refractivity contribution in [3.05, 3.63) is 54.4 Å². The van der Waals surface area contributed by atoms with Gasteiger partial charge < -0.3 is 15.0 Å². The number of nitrogens with one attached hydrogen (secondary N) is 1. The lowest BCUT2D eigenvalue weighted by atomic mass is 9.96. The van der Waals surface area contributed by atoms with Gasteiger partial charge >= 0.3 is 0 Å². The van der Waals surface area contributed by atoms with Gasteiger partial charge in [0.1, 0.15) is 5.75 Å². The third kappa shape index (κ3) is 3.85. The van der Waals surface area contributed by atoms with Crippen molar-refractivity contribution in [3.63, 3.8) is 0 Å². The topological polar surface area (TPSA) is 54.5 Å². The summed E-state index contributed by atoms with van der Waals surface area (Å²) in [5, 5.41) is 3.05. The van der Waals surface area contributed by atoms with E-state index in [1.165, 1.54) is 5.69 Å². The summed E-state index contributed by atoms with van der Waals surface area (Å²) >= 11 is 0. The number of ether oxygens (including phenoxy) is 1. The molecular weight excluding hydrogens is 302 g/mol. The van der Waals surface area contributed by atoms with Crippen molar-refractivity contribution in [2.75, 3.05) is 31.6 Å². The minimum Gasteiger partial charge on any atom is -0.496 e. The van der Waals surface area contributed by atoms with Crippen LogP contribution in [0, 0.1) is 5.92 Å². The standard InChI is InChI=1S/C19H23N3O2/c1-24-18-5-3-2-4-17(18)19(23)21-14-15-8-12-22(13-9-15)16-6-10-20-11-7-16/h2-7,10-11,15H,8-9,12-14H2,1H3,(H,21,23). The number of carbonyl (C=O) groups excluding carboxylic acids is 1. The van der Waals surface area contributed by atoms with Crippen LogP contribution in [-0.2, 0) is 0 Å². The third-order valence-corrected chi connectivity index (χ3v) is 4.55. The predicted octanol–water partition coefficient (Wildman–Crippen LogP) is 2.74. The summed E-state index contributed by atoms with van der Waals surface area (Å²) < 4.78 is 5.25. The van der Waals surface area contributed by atoms with E-state index < -0.39 is 0 Å². The zero-order valence-corrected chi connectivity index (χ0v) is 13.9. The molecule has 1 amide bonds. The number of anilines is 1. The number of pyridine rings is 1. The van der Waals surface area contributed by atoms with E-state index in [1.807, 2.05) is 42.7 Å². The highest BCUT2D eigenvalue weighted by molar-refractivity contribution is 5.96. The zero-order chi connectivity index (χ0) is 16.8. The number of hydrogen-bond donors (Lipinski definition) is 1. The summed E-state index contributed by atoms with van der Waals surface area (Å²) in [5.74, 6) is 1.06. The van der Waals surface area contributed by atoms with Gasteiger partial charge in [0.15, 0.2) is 0 Å². The average Bonchev–Trinajstić information content (AvgIpc) is 2.67. The molecule has 3 rings (SSSR count). The molecule has 1 aromatic heterocycles. The van der Waals surface area contributed by atoms with Crippen LogP contribution >= 0.6 is 0 Å². The van der Waals surface area contributed by atoms with Crippen LogP contribution in [0.2, 0.25) is 0 Å². The first kappa shape index (κ1) is 16.3. The number of amides is 1. The maximum absolute atomic E-state index is 12.3. The molecule has 0 bridgehead atoms. The molecule has 24 heavy (non-hydrogen) atoms. The van der Waals surface area contributed by atoms with E-state index in [0.717, 1.165) is 25.9 Å². The molecule has 2 heterocycles. The van der Waals surface area contributed by atoms with E-state index in [2.05, 4.69) is 15.2 Å². The first-order valence-electron chi connectivity index (χ1n) is 8.34. The quantitative estimate of drug-likeness (QED) is 0.918. The van der Waals surface area contributed by atoms with Crippen LogP contribution in [0.25, 0.3) is 0 Å². The Morgan fingerprint density at radius 2 is 1.92 bits per heavy atom. The van der Waals surface area contributed by atoms with Crippen LogP contribution in [0.5, 0.6) is 5.75 Å². The number of para-hydroxylation sites is 1. The first-order chi connectivity index (χ1) is 11.8. The van der Waals surface area contributed by atoms with Gasteiger partial charge in [-0.2, -0.15) is 0 Å². The van der Waals surface area contributed by atoms with Crippen LogP contribution in [0.1, 0.15) is 23.2 Å². The zero-order valence-electron chi connectivity index (χ0n) is 13.9. The highest BCUT2D eigenvalue weighted by atomic mass is 16.5. The van der Waals surface area contributed by atoms with E-state index in [4.69, 9.17) is 4.74 Å². The van der Waals surface area contributed by atoms with E-state index in [-0.39, 0.29) is 5.91 Å². The van der Waals surface area contributed by atoms with Crippen molar-refractivity contribution >= 4 is 11.6 Å². The molecule has 1 saturated heterocycles. The number of aromatic nitrogens is 1. The Balaban J connectivity index is 1.49. The molecule has 1 aliphatic heterocycles. The molecule has 0 saturated carbocycles. The molecule has 126 valence electrons. The molecular formula is C19H23N3O2. The number of piperidine rings is 1. The maximum Gasteiger partial charge on any atom is 0.255 e. The summed E-state index contributed by atoms with van der Waals surface area (Å²) in [4.78, 5) is 18.8. The summed E-state index contributed by atoms with van der Waals surface area (Å²) in [6.45, 7) is 2.74. The summed E-state index contributed by atoms with van der Waals surface area (Å²) in [5.41, 5.74) is 1.82. The number of nitrogens with zero attached hydrogens (tertiary/aromatic N) is 2. The normalized spacial score (nSPS) is 15.1. The number of carbonyl (C=O) groups is 1. The average molecular weight is 325 g/mol. The van der Waals surface area contributed by atoms with Crippen LogP contribution < -0.4 is 15.0 Å². The molecule has 1 aromatic carbocycles. The maximum atomic E-state index is 12.3. The van der Waals surface area contributed by atoms with E-state index in [1.54, 1.807) is 13.2 Å². The fourth-order valence-electron chi connectivity index (χ4n) is 3.11. The monoisotopic (exact) mass is 325 g/mol. The van der Waals surface area contributed by atoms with Crippen molar-refractivity contribution < 1.29 is 9.53 Å². The summed E-state index contributed by atoms with van der Waals surface area (Å²) in [7, 11) is 1.58. The smallest absolute Gasteiger partial charge is 0.255 e. The number of methoxy groups -OCH3 is 1. The van der Waals surface area contributed by atoms with Crippen molar-refractivity contribution in [2.24, 2.45) is 5.92 Å². The van der Waals surface area contributed by atoms with Crippen LogP contribution in [0.4, 0.5) is 5.69 Å². The molecule has 0 spiro atoms. The van der Waals surface area contributed by atoms with Crippen LogP contribution in [0.15, 0.2) is 48.8 Å². The van der Waals surface area contributed by atoms with Crippen molar-refractivity contribution in [2.45, 2.75) is 12.8 Å². The van der Waals surface area contributed by atoms with E-state index in [0.29, 0.717) is 23.8 Å². The number of rotatable bonds is 5. The Morgan fingerprint density at radius 3 is 2.62 bits per heavy atom. The Kier molecular flexibility index (Phi) is 5.31. The molecule has 1 aliphatic rings. The second-order valence-corrected chi connectivity index (χ2v) is 6.05. The molecule has 0 atom stereocenters. The van der Waals surface area contributed by atoms with E-state index >= 15 is 0 Å². The van der Waals surface area contributed by atoms with Gasteiger partial charge in [0.05, 0.1) is 12.7 Å². The lowest BCUT2D eigenvalue weighted by Gasteiger charge is -2.33. The second kappa shape index (κ2) is 7.81. The Morgan fingerprint density at radius 1 is 1.21 bits per heavy atom. The predicted molar refractivity (Wildman–Crippen MR) is 94.5 cm³/mol. The molecule has 5 nitrogen and oxygen atoms in total. The van der Waals surface area contributed by atoms with E-state index in [9.17, 15) is 4.79 Å². The van der Waals surface area contributed by atoms with Gasteiger partial charge in [-0.25, -0.2) is 0 Å². The highest BCUT2D eigenvalue weighted by Gasteiger charge is 2.20. The SMILES string of the molecule is COc1ccccc1C(=O)NCC1CCN(c2ccncc2)CC1. The van der Waals surface area contributed by atoms with Gasteiger partial charge in [0.25, 0.3) is 5.91 Å². The summed E-state index contributed by atoms with van der Waals surface area (Å²) in [6, 6.07) is 11.4. The van der Waals surface area contributed by atoms with Crippen LogP contribution in [-0.4, -0.2) is 37.6 Å². The van der Waals surface area contributed by atoms with Gasteiger partial charge in [-0.1, -0.05) is 12.1 Å². The highest BCUT2D eigenvalue weighted by Crippen LogP contribution is 2.22. The molecule has 5 heteroatoms. The first-order valence-corrected chi connectivity index (χ1v) is 8.34. The largest absolute Gasteiger partial charge is 0.496 e. The van der Waals surface area contributed by atoms with Gasteiger partial charge in [-0.3, -0.25) is 9.78 Å². The summed E-state index contributed by atoms with van der Waals surface area (Å²) in [6.07, 6.45) is 5.81. The number of benzene rings is 1. The lowest BCUT2D eigenvalue weighted by molar-refractivity contribution is 0.0942. The minimum absolute atomic E-state index is 0.0657. The van der Waals surface area contributed by atoms with Crippen molar-refractivity contribution in [1.29, 1.82) is 0 Å². The lowest BCUT2D eigenvalue weighted by Crippen LogP contribution is -2.38. The molecule has 1 fully saturated rings. The molecule has 0 radical (unpaired) electrons. The Labute approximate surface area is 142 Å². The number of hydrogen-bond acceptors (Lipinski definition) is 4. The molecule has 2 aromatic rings. The fraction of sp³-hybridized carbons (Fsp3) is 0.368. The van der Waals surface area contributed by atoms with Gasteiger partial charge in [0.2, 0.25) is 0 Å². The minimum atomic E-state index is -0.0657. The van der Waals surface area contributed by atoms with Crippen LogP contribution in [0.3, 0.4) is 0 Å². The van der Waals surface area contributed by atoms with Crippen molar-refractivity contribution in [1.82, 2.24) is 10.3 Å². The Hall–Kier alpha value is -2.56. The van der Waals surface area contributed by atoms with Gasteiger partial charge in [-0.05, 0) is 43.0 Å².